The molecular weight excluding hydrogens is 226 g/mol. The molecule has 0 atom stereocenters. The summed E-state index contributed by atoms with van der Waals surface area (Å²) in [5.74, 6) is -2.92. The Bertz CT molecular complexity index is 547. The lowest BCUT2D eigenvalue weighted by molar-refractivity contribution is 0.102. The monoisotopic (exact) mass is 234 g/mol. The first-order chi connectivity index (χ1) is 8.09. The number of hydrogen-bond acceptors (Lipinski definition) is 3. The van der Waals surface area contributed by atoms with Crippen LogP contribution in [-0.2, 0) is 0 Å². The molecule has 0 unspecified atom stereocenters. The Morgan fingerprint density at radius 2 is 1.65 bits per heavy atom. The average molecular weight is 234 g/mol. The summed E-state index contributed by atoms with van der Waals surface area (Å²) in [5.41, 5.74) is 0.131. The summed E-state index contributed by atoms with van der Waals surface area (Å²) in [5, 5.41) is 0. The maximum absolute atomic E-state index is 13.3. The highest BCUT2D eigenvalue weighted by molar-refractivity contribution is 6.06. The van der Waals surface area contributed by atoms with E-state index in [0.29, 0.717) is 0 Å². The van der Waals surface area contributed by atoms with Gasteiger partial charge in [-0.05, 0) is 24.6 Å². The van der Waals surface area contributed by atoms with Crippen LogP contribution in [0.2, 0.25) is 0 Å². The highest BCUT2D eigenvalue weighted by atomic mass is 19.1. The van der Waals surface area contributed by atoms with Gasteiger partial charge in [0.05, 0.1) is 5.56 Å². The van der Waals surface area contributed by atoms with Crippen LogP contribution < -0.4 is 0 Å². The molecular formula is C12H8F2N2O. The molecule has 1 aromatic carbocycles. The van der Waals surface area contributed by atoms with E-state index in [9.17, 15) is 13.6 Å². The van der Waals surface area contributed by atoms with Crippen molar-refractivity contribution in [1.29, 1.82) is 0 Å². The quantitative estimate of drug-likeness (QED) is 0.749. The van der Waals surface area contributed by atoms with E-state index in [1.807, 2.05) is 0 Å². The van der Waals surface area contributed by atoms with Crippen molar-refractivity contribution in [2.75, 3.05) is 0 Å². The molecule has 0 radical (unpaired) electrons. The van der Waals surface area contributed by atoms with Crippen molar-refractivity contribution in [1.82, 2.24) is 9.97 Å². The fourth-order valence-electron chi connectivity index (χ4n) is 1.34. The summed E-state index contributed by atoms with van der Waals surface area (Å²) >= 11 is 0. The van der Waals surface area contributed by atoms with Crippen LogP contribution in [0.15, 0.2) is 30.6 Å². The van der Waals surface area contributed by atoms with Gasteiger partial charge in [0.2, 0.25) is 11.6 Å². The Morgan fingerprint density at radius 3 is 2.18 bits per heavy atom. The van der Waals surface area contributed by atoms with Crippen molar-refractivity contribution in [3.63, 3.8) is 0 Å². The maximum Gasteiger partial charge on any atom is 0.236 e. The Hall–Kier alpha value is -2.17. The van der Waals surface area contributed by atoms with Crippen molar-refractivity contribution in [2.24, 2.45) is 0 Å². The van der Waals surface area contributed by atoms with Gasteiger partial charge in [-0.25, -0.2) is 18.7 Å². The van der Waals surface area contributed by atoms with Gasteiger partial charge in [-0.3, -0.25) is 4.79 Å². The van der Waals surface area contributed by atoms with E-state index in [0.717, 1.165) is 17.7 Å². The molecule has 0 amide bonds. The summed E-state index contributed by atoms with van der Waals surface area (Å²) in [7, 11) is 0. The molecule has 0 saturated carbocycles. The molecule has 1 aromatic heterocycles. The van der Waals surface area contributed by atoms with E-state index in [4.69, 9.17) is 0 Å². The van der Waals surface area contributed by atoms with Crippen LogP contribution in [0.5, 0.6) is 0 Å². The average Bonchev–Trinajstić information content (AvgIpc) is 2.29. The third-order valence-corrected chi connectivity index (χ3v) is 2.17. The zero-order chi connectivity index (χ0) is 12.4. The van der Waals surface area contributed by atoms with E-state index in [1.54, 1.807) is 6.92 Å². The Labute approximate surface area is 96.2 Å². The smallest absolute Gasteiger partial charge is 0.236 e. The van der Waals surface area contributed by atoms with Gasteiger partial charge in [0.1, 0.15) is 11.6 Å². The number of hydrogen-bond donors (Lipinski definition) is 0. The molecule has 17 heavy (non-hydrogen) atoms. The fourth-order valence-corrected chi connectivity index (χ4v) is 1.34. The van der Waals surface area contributed by atoms with Crippen molar-refractivity contribution >= 4 is 5.78 Å². The standard InChI is InChI=1S/C12H8F2N2O/c1-7-5-15-12(16-6-7)11(17)10-8(13)3-2-4-9(10)14/h2-6H,1H3. The summed E-state index contributed by atoms with van der Waals surface area (Å²) in [6.45, 7) is 1.75. The van der Waals surface area contributed by atoms with E-state index in [-0.39, 0.29) is 5.82 Å². The lowest BCUT2D eigenvalue weighted by Gasteiger charge is -2.02. The molecule has 0 aliphatic heterocycles. The second-order valence-electron chi connectivity index (χ2n) is 3.51. The number of rotatable bonds is 2. The van der Waals surface area contributed by atoms with Crippen molar-refractivity contribution in [3.8, 4) is 0 Å². The second-order valence-corrected chi connectivity index (χ2v) is 3.51. The van der Waals surface area contributed by atoms with Gasteiger partial charge in [-0.1, -0.05) is 6.07 Å². The first kappa shape index (κ1) is 11.3. The molecule has 2 aromatic rings. The van der Waals surface area contributed by atoms with Crippen LogP contribution >= 0.6 is 0 Å². The number of aryl methyl sites for hydroxylation is 1. The predicted molar refractivity (Wildman–Crippen MR) is 56.6 cm³/mol. The van der Waals surface area contributed by atoms with Crippen molar-refractivity contribution in [3.05, 3.63) is 59.2 Å². The maximum atomic E-state index is 13.3. The van der Waals surface area contributed by atoms with Crippen LogP contribution in [0.3, 0.4) is 0 Å². The zero-order valence-corrected chi connectivity index (χ0v) is 8.95. The Balaban J connectivity index is 2.47. The fraction of sp³-hybridized carbons (Fsp3) is 0.0833. The largest absolute Gasteiger partial charge is 0.285 e. The van der Waals surface area contributed by atoms with Crippen LogP contribution in [0.25, 0.3) is 0 Å². The van der Waals surface area contributed by atoms with Gasteiger partial charge in [-0.2, -0.15) is 0 Å². The molecule has 0 N–H and O–H groups in total. The SMILES string of the molecule is Cc1cnc(C(=O)c2c(F)cccc2F)nc1. The number of nitrogens with zero attached hydrogens (tertiary/aromatic N) is 2. The minimum absolute atomic E-state index is 0.223. The van der Waals surface area contributed by atoms with Crippen molar-refractivity contribution < 1.29 is 13.6 Å². The molecule has 0 fully saturated rings. The molecule has 0 spiro atoms. The second kappa shape index (κ2) is 4.37. The summed E-state index contributed by atoms with van der Waals surface area (Å²) in [6, 6.07) is 3.23. The minimum Gasteiger partial charge on any atom is -0.285 e. The Kier molecular flexibility index (Phi) is 2.91. The van der Waals surface area contributed by atoms with Crippen LogP contribution in [0, 0.1) is 18.6 Å². The zero-order valence-electron chi connectivity index (χ0n) is 8.95. The predicted octanol–water partition coefficient (Wildman–Crippen LogP) is 2.29. The number of benzene rings is 1. The molecule has 5 heteroatoms. The highest BCUT2D eigenvalue weighted by Gasteiger charge is 2.20. The van der Waals surface area contributed by atoms with Crippen LogP contribution in [0.1, 0.15) is 21.7 Å². The molecule has 0 bridgehead atoms. The van der Waals surface area contributed by atoms with E-state index >= 15 is 0 Å². The lowest BCUT2D eigenvalue weighted by atomic mass is 10.1. The number of carbonyl (C=O) groups excluding carboxylic acids is 1. The molecule has 86 valence electrons. The number of aromatic nitrogens is 2. The normalized spacial score (nSPS) is 10.3. The number of carbonyl (C=O) groups is 1. The lowest BCUT2D eigenvalue weighted by Crippen LogP contribution is -2.11. The molecule has 0 saturated heterocycles. The van der Waals surface area contributed by atoms with Crippen LogP contribution in [0.4, 0.5) is 8.78 Å². The topological polar surface area (TPSA) is 42.9 Å². The van der Waals surface area contributed by atoms with Gasteiger partial charge < -0.3 is 0 Å². The van der Waals surface area contributed by atoms with E-state index in [1.165, 1.54) is 18.5 Å². The number of ketones is 1. The minimum atomic E-state index is -0.917. The first-order valence-corrected chi connectivity index (χ1v) is 4.87. The third-order valence-electron chi connectivity index (χ3n) is 2.17. The third kappa shape index (κ3) is 2.18. The number of halogens is 2. The van der Waals surface area contributed by atoms with Gasteiger partial charge in [0.25, 0.3) is 0 Å². The van der Waals surface area contributed by atoms with Gasteiger partial charge in [0.15, 0.2) is 0 Å². The van der Waals surface area contributed by atoms with Crippen molar-refractivity contribution in [2.45, 2.75) is 6.92 Å². The van der Waals surface area contributed by atoms with Crippen LogP contribution in [-0.4, -0.2) is 15.8 Å². The van der Waals surface area contributed by atoms with E-state index in [2.05, 4.69) is 9.97 Å². The summed E-state index contributed by atoms with van der Waals surface area (Å²) < 4.78 is 26.7. The van der Waals surface area contributed by atoms with E-state index < -0.39 is 23.0 Å². The molecule has 0 aliphatic rings. The molecule has 0 aliphatic carbocycles. The molecule has 1 heterocycles. The summed E-state index contributed by atoms with van der Waals surface area (Å²) in [6.07, 6.45) is 2.83. The summed E-state index contributed by atoms with van der Waals surface area (Å²) in [4.78, 5) is 19.3. The van der Waals surface area contributed by atoms with Gasteiger partial charge in [-0.15, -0.1) is 0 Å². The molecule has 3 nitrogen and oxygen atoms in total. The van der Waals surface area contributed by atoms with Gasteiger partial charge in [0, 0.05) is 12.4 Å². The molecule has 2 rings (SSSR count). The first-order valence-electron chi connectivity index (χ1n) is 4.87. The Morgan fingerprint density at radius 1 is 1.12 bits per heavy atom. The highest BCUT2D eigenvalue weighted by Crippen LogP contribution is 2.15. The van der Waals surface area contributed by atoms with Gasteiger partial charge >= 0.3 is 0 Å².